The molecule has 1 aromatic rings. The van der Waals surface area contributed by atoms with E-state index in [4.69, 9.17) is 4.84 Å². The highest BCUT2D eigenvalue weighted by atomic mass is 16.7. The maximum atomic E-state index is 11.8. The van der Waals surface area contributed by atoms with Crippen molar-refractivity contribution in [2.75, 3.05) is 0 Å². The Morgan fingerprint density at radius 1 is 1.11 bits per heavy atom. The fourth-order valence-electron chi connectivity index (χ4n) is 1.73. The Bertz CT molecular complexity index is 368. The molecule has 0 saturated carbocycles. The lowest BCUT2D eigenvalue weighted by atomic mass is 10.1. The number of rotatable bonds is 5. The Morgan fingerprint density at radius 2 is 1.61 bits per heavy atom. The van der Waals surface area contributed by atoms with E-state index in [0.717, 1.165) is 0 Å². The standard InChI is InChI=1S/C14H21NO3/c1-10(2)15(11(3)4)18-14(17)13(16)12-8-6-5-7-9-12/h5-11,13,16H,1-4H3/t13-/m1/s1. The quantitative estimate of drug-likeness (QED) is 0.816. The van der Waals surface area contributed by atoms with Gasteiger partial charge in [-0.3, -0.25) is 0 Å². The van der Waals surface area contributed by atoms with Crippen LogP contribution in [-0.4, -0.2) is 28.2 Å². The molecule has 0 aliphatic rings. The summed E-state index contributed by atoms with van der Waals surface area (Å²) in [6.45, 7) is 7.73. The molecule has 0 aromatic heterocycles. The maximum Gasteiger partial charge on any atom is 0.358 e. The van der Waals surface area contributed by atoms with Gasteiger partial charge in [0.1, 0.15) is 0 Å². The van der Waals surface area contributed by atoms with Gasteiger partial charge in [-0.15, -0.1) is 5.06 Å². The van der Waals surface area contributed by atoms with Crippen LogP contribution in [0.3, 0.4) is 0 Å². The van der Waals surface area contributed by atoms with Crippen LogP contribution in [0.4, 0.5) is 0 Å². The van der Waals surface area contributed by atoms with Crippen LogP contribution in [0.25, 0.3) is 0 Å². The van der Waals surface area contributed by atoms with E-state index in [0.29, 0.717) is 5.56 Å². The summed E-state index contributed by atoms with van der Waals surface area (Å²) < 4.78 is 0. The number of hydrogen-bond donors (Lipinski definition) is 1. The monoisotopic (exact) mass is 251 g/mol. The number of carbonyl (C=O) groups is 1. The second kappa shape index (κ2) is 6.52. The second-order valence-electron chi connectivity index (χ2n) is 4.77. The first-order valence-electron chi connectivity index (χ1n) is 6.16. The number of nitrogens with zero attached hydrogens (tertiary/aromatic N) is 1. The van der Waals surface area contributed by atoms with E-state index in [2.05, 4.69) is 0 Å². The molecule has 0 spiro atoms. The summed E-state index contributed by atoms with van der Waals surface area (Å²) in [6.07, 6.45) is -1.24. The predicted molar refractivity (Wildman–Crippen MR) is 69.6 cm³/mol. The van der Waals surface area contributed by atoms with E-state index in [1.165, 1.54) is 0 Å². The summed E-state index contributed by atoms with van der Waals surface area (Å²) in [5.74, 6) is -0.649. The average Bonchev–Trinajstić information content (AvgIpc) is 2.35. The van der Waals surface area contributed by atoms with Gasteiger partial charge in [0.25, 0.3) is 0 Å². The topological polar surface area (TPSA) is 49.8 Å². The third-order valence-corrected chi connectivity index (χ3v) is 2.55. The SMILES string of the molecule is CC(C)N(OC(=O)[C@H](O)c1ccccc1)C(C)C. The molecule has 0 fully saturated rings. The van der Waals surface area contributed by atoms with Gasteiger partial charge in [-0.05, 0) is 33.3 Å². The molecule has 0 unspecified atom stereocenters. The molecule has 100 valence electrons. The van der Waals surface area contributed by atoms with Gasteiger partial charge in [0.2, 0.25) is 0 Å². The molecule has 1 rings (SSSR count). The Labute approximate surface area is 108 Å². The zero-order valence-corrected chi connectivity index (χ0v) is 11.3. The Balaban J connectivity index is 2.70. The number of aliphatic hydroxyl groups is 1. The molecule has 0 amide bonds. The van der Waals surface area contributed by atoms with Crippen LogP contribution >= 0.6 is 0 Å². The molecule has 4 nitrogen and oxygen atoms in total. The number of benzene rings is 1. The molecule has 0 radical (unpaired) electrons. The van der Waals surface area contributed by atoms with Crippen molar-refractivity contribution in [1.82, 2.24) is 5.06 Å². The van der Waals surface area contributed by atoms with Crippen molar-refractivity contribution in [3.8, 4) is 0 Å². The molecule has 0 aliphatic carbocycles. The lowest BCUT2D eigenvalue weighted by Crippen LogP contribution is -2.40. The Morgan fingerprint density at radius 3 is 2.06 bits per heavy atom. The van der Waals surface area contributed by atoms with E-state index >= 15 is 0 Å². The lowest BCUT2D eigenvalue weighted by Gasteiger charge is -2.29. The molecule has 0 bridgehead atoms. The first kappa shape index (κ1) is 14.7. The van der Waals surface area contributed by atoms with Crippen LogP contribution in [0.15, 0.2) is 30.3 Å². The van der Waals surface area contributed by atoms with Crippen molar-refractivity contribution in [2.45, 2.75) is 45.9 Å². The first-order valence-corrected chi connectivity index (χ1v) is 6.16. The van der Waals surface area contributed by atoms with E-state index in [1.807, 2.05) is 33.8 Å². The van der Waals surface area contributed by atoms with Crippen molar-refractivity contribution in [2.24, 2.45) is 0 Å². The Hall–Kier alpha value is -1.39. The highest BCUT2D eigenvalue weighted by Crippen LogP contribution is 2.16. The van der Waals surface area contributed by atoms with Crippen molar-refractivity contribution < 1.29 is 14.7 Å². The Kier molecular flexibility index (Phi) is 5.31. The molecular weight excluding hydrogens is 230 g/mol. The molecular formula is C14H21NO3. The molecule has 18 heavy (non-hydrogen) atoms. The normalized spacial score (nSPS) is 13.1. The zero-order chi connectivity index (χ0) is 13.7. The number of hydroxylamine groups is 2. The smallest absolute Gasteiger partial charge is 0.358 e. The molecule has 0 heterocycles. The second-order valence-corrected chi connectivity index (χ2v) is 4.77. The minimum atomic E-state index is -1.24. The highest BCUT2D eigenvalue weighted by Gasteiger charge is 2.24. The fraction of sp³-hybridized carbons (Fsp3) is 0.500. The van der Waals surface area contributed by atoms with Gasteiger partial charge in [-0.2, -0.15) is 0 Å². The number of aliphatic hydroxyl groups excluding tert-OH is 1. The first-order chi connectivity index (χ1) is 8.43. The van der Waals surface area contributed by atoms with E-state index < -0.39 is 12.1 Å². The van der Waals surface area contributed by atoms with Crippen molar-refractivity contribution in [1.29, 1.82) is 0 Å². The average molecular weight is 251 g/mol. The van der Waals surface area contributed by atoms with Gasteiger partial charge in [0.15, 0.2) is 6.10 Å². The summed E-state index contributed by atoms with van der Waals surface area (Å²) in [7, 11) is 0. The number of carbonyl (C=O) groups excluding carboxylic acids is 1. The van der Waals surface area contributed by atoms with E-state index in [9.17, 15) is 9.90 Å². The van der Waals surface area contributed by atoms with Gasteiger partial charge in [-0.1, -0.05) is 30.3 Å². The summed E-state index contributed by atoms with van der Waals surface area (Å²) in [4.78, 5) is 17.1. The summed E-state index contributed by atoms with van der Waals surface area (Å²) in [6, 6.07) is 8.90. The third-order valence-electron chi connectivity index (χ3n) is 2.55. The van der Waals surface area contributed by atoms with E-state index in [-0.39, 0.29) is 12.1 Å². The number of hydrogen-bond acceptors (Lipinski definition) is 4. The van der Waals surface area contributed by atoms with Gasteiger partial charge >= 0.3 is 5.97 Å². The lowest BCUT2D eigenvalue weighted by molar-refractivity contribution is -0.218. The van der Waals surface area contributed by atoms with Crippen LogP contribution < -0.4 is 0 Å². The molecule has 0 saturated heterocycles. The van der Waals surface area contributed by atoms with E-state index in [1.54, 1.807) is 29.3 Å². The zero-order valence-electron chi connectivity index (χ0n) is 11.3. The summed E-state index contributed by atoms with van der Waals surface area (Å²) in [5, 5.41) is 11.5. The maximum absolute atomic E-state index is 11.8. The predicted octanol–water partition coefficient (Wildman–Crippen LogP) is 2.30. The molecule has 4 heteroatoms. The largest absolute Gasteiger partial charge is 0.377 e. The summed E-state index contributed by atoms with van der Waals surface area (Å²) in [5.41, 5.74) is 0.537. The van der Waals surface area contributed by atoms with Crippen molar-refractivity contribution in [3.63, 3.8) is 0 Å². The van der Waals surface area contributed by atoms with Crippen LogP contribution in [-0.2, 0) is 9.63 Å². The summed E-state index contributed by atoms with van der Waals surface area (Å²) >= 11 is 0. The van der Waals surface area contributed by atoms with Gasteiger partial charge in [0.05, 0.1) is 0 Å². The van der Waals surface area contributed by atoms with Gasteiger partial charge < -0.3 is 9.94 Å². The fourth-order valence-corrected chi connectivity index (χ4v) is 1.73. The van der Waals surface area contributed by atoms with Gasteiger partial charge in [-0.25, -0.2) is 4.79 Å². The molecule has 1 aromatic carbocycles. The van der Waals surface area contributed by atoms with Gasteiger partial charge in [0, 0.05) is 12.1 Å². The van der Waals surface area contributed by atoms with Crippen LogP contribution in [0.1, 0.15) is 39.4 Å². The minimum absolute atomic E-state index is 0.0666. The van der Waals surface area contributed by atoms with Crippen molar-refractivity contribution in [3.05, 3.63) is 35.9 Å². The van der Waals surface area contributed by atoms with Crippen molar-refractivity contribution >= 4 is 5.97 Å². The molecule has 1 atom stereocenters. The highest BCUT2D eigenvalue weighted by molar-refractivity contribution is 5.75. The third kappa shape index (κ3) is 3.82. The van der Waals surface area contributed by atoms with Crippen LogP contribution in [0, 0.1) is 0 Å². The minimum Gasteiger partial charge on any atom is -0.377 e. The van der Waals surface area contributed by atoms with Crippen LogP contribution in [0.2, 0.25) is 0 Å². The van der Waals surface area contributed by atoms with Crippen LogP contribution in [0.5, 0.6) is 0 Å². The molecule has 1 N–H and O–H groups in total. The molecule has 0 aliphatic heterocycles.